The Hall–Kier alpha value is -6.21. The second-order valence-corrected chi connectivity index (χ2v) is 29.1. The van der Waals surface area contributed by atoms with E-state index in [1.54, 1.807) is 6.08 Å². The summed E-state index contributed by atoms with van der Waals surface area (Å²) >= 11 is 0. The molecule has 0 aromatic rings. The van der Waals surface area contributed by atoms with Crippen LogP contribution in [0.2, 0.25) is 0 Å². The molecular formula is C83H128N4O8. The lowest BCUT2D eigenvalue weighted by molar-refractivity contribution is -0.131. The Morgan fingerprint density at radius 3 is 1.40 bits per heavy atom. The van der Waals surface area contributed by atoms with E-state index in [-0.39, 0.29) is 52.1 Å². The smallest absolute Gasteiger partial charge is 0.244 e. The minimum absolute atomic E-state index is 0.0294. The van der Waals surface area contributed by atoms with E-state index >= 15 is 0 Å². The highest BCUT2D eigenvalue weighted by atomic mass is 16.5. The molecule has 3 rings (SSSR count). The third kappa shape index (κ3) is 35.0. The van der Waals surface area contributed by atoms with E-state index in [0.717, 1.165) is 48.0 Å². The number of rotatable bonds is 43. The van der Waals surface area contributed by atoms with Crippen LogP contribution in [0.15, 0.2) is 165 Å². The Labute approximate surface area is 576 Å². The molecule has 528 valence electrons. The number of nitrogens with one attached hydrogen (secondary N) is 4. The Morgan fingerprint density at radius 2 is 0.916 bits per heavy atom. The molecule has 0 saturated carbocycles. The highest BCUT2D eigenvalue weighted by Crippen LogP contribution is 2.43. The van der Waals surface area contributed by atoms with E-state index in [1.165, 1.54) is 78.0 Å². The minimum Gasteiger partial charge on any atom is -0.379 e. The van der Waals surface area contributed by atoms with Crippen LogP contribution in [0, 0.1) is 28.1 Å². The van der Waals surface area contributed by atoms with Crippen LogP contribution in [-0.4, -0.2) is 94.7 Å². The summed E-state index contributed by atoms with van der Waals surface area (Å²) in [4.78, 5) is 68.7. The van der Waals surface area contributed by atoms with Crippen LogP contribution in [0.4, 0.5) is 0 Å². The van der Waals surface area contributed by atoms with Crippen molar-refractivity contribution in [1.29, 1.82) is 0 Å². The van der Waals surface area contributed by atoms with Gasteiger partial charge in [0.05, 0.1) is 32.5 Å². The monoisotopic (exact) mass is 1310 g/mol. The number of unbranched alkanes of at least 4 members (excludes halogenated alkanes) is 2. The molecule has 0 aromatic heterocycles. The minimum atomic E-state index is -0.869. The number of ketones is 1. The number of carbonyl (C=O) groups is 5. The van der Waals surface area contributed by atoms with Crippen LogP contribution in [0.5, 0.6) is 0 Å². The van der Waals surface area contributed by atoms with Crippen molar-refractivity contribution >= 4 is 29.4 Å². The van der Waals surface area contributed by atoms with Gasteiger partial charge in [-0.1, -0.05) is 186 Å². The first kappa shape index (κ1) is 83.0. The van der Waals surface area contributed by atoms with Crippen molar-refractivity contribution in [3.8, 4) is 0 Å². The Kier molecular flexibility index (Phi) is 39.6. The van der Waals surface area contributed by atoms with Crippen LogP contribution in [-0.2, 0) is 38.2 Å². The van der Waals surface area contributed by atoms with Crippen molar-refractivity contribution in [3.63, 3.8) is 0 Å². The third-order valence-electron chi connectivity index (χ3n) is 18.5. The molecule has 12 heteroatoms. The second-order valence-electron chi connectivity index (χ2n) is 29.1. The van der Waals surface area contributed by atoms with Gasteiger partial charge in [0.1, 0.15) is 0 Å². The first-order valence-electron chi connectivity index (χ1n) is 36.1. The standard InChI is InChI=1S/C83H128N4O8/c1-17-52-93-54-56-95-57-55-94-53-28-51-86-80(92)71(38-18-20-49-84-77(89)58-65(5)32-22-29-62(2)40-43-72-68(8)35-25-46-81(72,11)12)61-76(88)75(87-79(91)60-67(7)34-24-31-64(4)42-45-74-70(10)37-27-48-83(74,15)16)39-19-21-50-85-78(90)59-66(6)33-23-30-63(3)41-44-73-69(9)36-26-47-82(73,13)14/h22-24,29-34,40-45,58,60,66,71,75H,17-21,25-28,35-39,46-57,59,61H2,1-16H3,(H,84,89)(H,85,90)(H,86,92)(H,87,91)/b32-22+,33-23+,34-24+,43-40+,44-41+,45-42+,62-29+,63-30+,64-31+,65-58+,67-60+/t66?,71-,75+/m0/s1. The van der Waals surface area contributed by atoms with Crippen molar-refractivity contribution in [2.75, 3.05) is 59.3 Å². The molecule has 0 aliphatic heterocycles. The number of hydrogen-bond acceptors (Lipinski definition) is 8. The van der Waals surface area contributed by atoms with Gasteiger partial charge in [-0.15, -0.1) is 0 Å². The molecule has 1 unspecified atom stereocenters. The fraction of sp³-hybridized carbons (Fsp3) is 0.602. The maximum atomic E-state index is 14.6. The van der Waals surface area contributed by atoms with E-state index in [4.69, 9.17) is 14.2 Å². The first-order chi connectivity index (χ1) is 45.1. The van der Waals surface area contributed by atoms with Gasteiger partial charge in [0.2, 0.25) is 23.6 Å². The molecule has 3 aliphatic carbocycles. The molecule has 0 fully saturated rings. The molecule has 4 N–H and O–H groups in total. The number of ether oxygens (including phenoxy) is 3. The number of hydrogen-bond donors (Lipinski definition) is 4. The molecule has 0 bridgehead atoms. The summed E-state index contributed by atoms with van der Waals surface area (Å²) in [5.74, 6) is -1.78. The van der Waals surface area contributed by atoms with E-state index in [2.05, 4.69) is 166 Å². The van der Waals surface area contributed by atoms with Gasteiger partial charge < -0.3 is 35.5 Å². The van der Waals surface area contributed by atoms with Crippen molar-refractivity contribution in [3.05, 3.63) is 165 Å². The molecule has 95 heavy (non-hydrogen) atoms. The first-order valence-corrected chi connectivity index (χ1v) is 36.1. The lowest BCUT2D eigenvalue weighted by Gasteiger charge is -2.33. The fourth-order valence-corrected chi connectivity index (χ4v) is 12.8. The number of carbonyl (C=O) groups excluding carboxylic acids is 5. The predicted molar refractivity (Wildman–Crippen MR) is 398 cm³/mol. The third-order valence-corrected chi connectivity index (χ3v) is 18.5. The topological polar surface area (TPSA) is 161 Å². The Morgan fingerprint density at radius 1 is 0.484 bits per heavy atom. The Balaban J connectivity index is 1.73. The van der Waals surface area contributed by atoms with Gasteiger partial charge >= 0.3 is 0 Å². The SMILES string of the molecule is CCCOCCOCCOCCCNC(=O)[C@@H](CCCCNC(=O)/C=C(C)/C=C/C=C(C)/C=C/C1=C(C)CCCC1(C)C)CC(=O)[C@@H](CCCCNC(=O)CC(C)/C=C/C=C(C)/C=C/C1=C(C)CCCC1(C)C)NC(=O)/C=C(C)/C=C/C=C(C)/C=C/C1=C(C)CCCC1(C)C. The van der Waals surface area contributed by atoms with Gasteiger partial charge in [-0.3, -0.25) is 24.0 Å². The van der Waals surface area contributed by atoms with Crippen LogP contribution in [0.1, 0.15) is 233 Å². The lowest BCUT2D eigenvalue weighted by atomic mass is 9.72. The van der Waals surface area contributed by atoms with Gasteiger partial charge in [0.15, 0.2) is 5.78 Å². The maximum absolute atomic E-state index is 14.6. The molecule has 3 aliphatic rings. The van der Waals surface area contributed by atoms with Gasteiger partial charge in [0.25, 0.3) is 0 Å². The van der Waals surface area contributed by atoms with E-state index in [0.29, 0.717) is 116 Å². The summed E-state index contributed by atoms with van der Waals surface area (Å²) in [7, 11) is 0. The highest BCUT2D eigenvalue weighted by Gasteiger charge is 2.30. The van der Waals surface area contributed by atoms with Gasteiger partial charge in [-0.2, -0.15) is 0 Å². The quantitative estimate of drug-likeness (QED) is 0.0267. The zero-order valence-corrected chi connectivity index (χ0v) is 62.1. The van der Waals surface area contributed by atoms with Crippen LogP contribution in [0.3, 0.4) is 0 Å². The number of allylic oxidation sites excluding steroid dienone is 26. The summed E-state index contributed by atoms with van der Waals surface area (Å²) in [6.07, 6.45) is 49.9. The number of amides is 4. The molecule has 12 nitrogen and oxygen atoms in total. The van der Waals surface area contributed by atoms with Crippen LogP contribution < -0.4 is 21.3 Å². The van der Waals surface area contributed by atoms with Crippen LogP contribution in [0.25, 0.3) is 0 Å². The van der Waals surface area contributed by atoms with Crippen LogP contribution >= 0.6 is 0 Å². The van der Waals surface area contributed by atoms with E-state index < -0.39 is 17.9 Å². The predicted octanol–water partition coefficient (Wildman–Crippen LogP) is 18.3. The van der Waals surface area contributed by atoms with E-state index in [9.17, 15) is 24.0 Å². The van der Waals surface area contributed by atoms with Crippen molar-refractivity contribution in [1.82, 2.24) is 21.3 Å². The normalized spacial score (nSPS) is 18.7. The van der Waals surface area contributed by atoms with Crippen molar-refractivity contribution in [2.24, 2.45) is 28.1 Å². The maximum Gasteiger partial charge on any atom is 0.244 e. The fourth-order valence-electron chi connectivity index (χ4n) is 12.8. The van der Waals surface area contributed by atoms with Gasteiger partial charge in [-0.05, 0) is 208 Å². The molecule has 0 spiro atoms. The average Bonchev–Trinajstić information content (AvgIpc) is 0.844. The Bertz CT molecular complexity index is 2920. The summed E-state index contributed by atoms with van der Waals surface area (Å²) in [5, 5.41) is 12.1. The molecular weight excluding hydrogens is 1180 g/mol. The van der Waals surface area contributed by atoms with Crippen molar-refractivity contribution < 1.29 is 38.2 Å². The lowest BCUT2D eigenvalue weighted by Crippen LogP contribution is -2.42. The zero-order chi connectivity index (χ0) is 70.2. The molecule has 4 amide bonds. The average molecular weight is 1310 g/mol. The summed E-state index contributed by atoms with van der Waals surface area (Å²) in [6.45, 7) is 39.0. The largest absolute Gasteiger partial charge is 0.379 e. The van der Waals surface area contributed by atoms with E-state index in [1.807, 2.05) is 57.2 Å². The molecule has 0 saturated heterocycles. The zero-order valence-electron chi connectivity index (χ0n) is 62.1. The number of Topliss-reactive ketones (excluding diaryl/α,β-unsaturated/α-hetero) is 1. The summed E-state index contributed by atoms with van der Waals surface area (Å²) < 4.78 is 16.8. The molecule has 0 aromatic carbocycles. The summed E-state index contributed by atoms with van der Waals surface area (Å²) in [6, 6.07) is -0.869. The molecule has 0 radical (unpaired) electrons. The van der Waals surface area contributed by atoms with Gasteiger partial charge in [-0.25, -0.2) is 0 Å². The second kappa shape index (κ2) is 45.3. The highest BCUT2D eigenvalue weighted by molar-refractivity contribution is 5.95. The molecule has 3 atom stereocenters. The van der Waals surface area contributed by atoms with Gasteiger partial charge in [0, 0.05) is 63.8 Å². The van der Waals surface area contributed by atoms with Crippen molar-refractivity contribution in [2.45, 2.75) is 239 Å². The summed E-state index contributed by atoms with van der Waals surface area (Å²) in [5.41, 5.74) is 14.0. The molecule has 0 heterocycles.